The summed E-state index contributed by atoms with van der Waals surface area (Å²) in [6.07, 6.45) is 6.54. The minimum Gasteiger partial charge on any atom is -0.390 e. The highest BCUT2D eigenvalue weighted by molar-refractivity contribution is 5.83. The summed E-state index contributed by atoms with van der Waals surface area (Å²) in [6, 6.07) is 6.49. The van der Waals surface area contributed by atoms with Gasteiger partial charge in [-0.05, 0) is 91.4 Å². The van der Waals surface area contributed by atoms with Crippen LogP contribution < -0.4 is 0 Å². The van der Waals surface area contributed by atoms with Gasteiger partial charge in [-0.15, -0.1) is 0 Å². The lowest BCUT2D eigenvalue weighted by Gasteiger charge is -2.61. The highest BCUT2D eigenvalue weighted by Gasteiger charge is 2.64. The van der Waals surface area contributed by atoms with E-state index in [4.69, 9.17) is 0 Å². The Morgan fingerprint density at radius 3 is 2.42 bits per heavy atom. The minimum absolute atomic E-state index is 0.0644. The van der Waals surface area contributed by atoms with Gasteiger partial charge in [0.25, 0.3) is 0 Å². The Labute approximate surface area is 215 Å². The summed E-state index contributed by atoms with van der Waals surface area (Å²) in [5.74, 6) is 1.74. The molecule has 4 saturated carbocycles. The van der Waals surface area contributed by atoms with E-state index in [1.165, 1.54) is 6.07 Å². The van der Waals surface area contributed by atoms with Gasteiger partial charge in [0.1, 0.15) is 11.6 Å². The first-order valence-corrected chi connectivity index (χ1v) is 14.4. The van der Waals surface area contributed by atoms with Crippen molar-refractivity contribution in [2.45, 2.75) is 103 Å². The number of hydrogen-bond donors (Lipinski definition) is 3. The van der Waals surface area contributed by atoms with Crippen LogP contribution in [0.4, 0.5) is 4.39 Å². The fourth-order valence-electron chi connectivity index (χ4n) is 9.68. The zero-order valence-electron chi connectivity index (χ0n) is 22.2. The maximum absolute atomic E-state index is 14.0. The predicted molar refractivity (Wildman–Crippen MR) is 137 cm³/mol. The highest BCUT2D eigenvalue weighted by atomic mass is 19.1. The number of carbonyl (C=O) groups is 1. The van der Waals surface area contributed by atoms with Crippen molar-refractivity contribution in [3.8, 4) is 0 Å². The van der Waals surface area contributed by atoms with Crippen molar-refractivity contribution in [2.75, 3.05) is 0 Å². The van der Waals surface area contributed by atoms with E-state index in [-0.39, 0.29) is 28.5 Å². The quantitative estimate of drug-likeness (QED) is 0.459. The maximum atomic E-state index is 14.0. The first kappa shape index (κ1) is 26.3. The van der Waals surface area contributed by atoms with Crippen molar-refractivity contribution in [3.05, 3.63) is 35.6 Å². The number of fused-ring (bicyclic) bond motifs is 5. The van der Waals surface area contributed by atoms with E-state index in [0.29, 0.717) is 54.3 Å². The number of carbonyl (C=O) groups excluding carboxylic acids is 1. The van der Waals surface area contributed by atoms with E-state index in [1.807, 2.05) is 0 Å². The fourth-order valence-corrected chi connectivity index (χ4v) is 9.68. The first-order valence-electron chi connectivity index (χ1n) is 14.4. The number of rotatable bonds is 6. The Kier molecular flexibility index (Phi) is 7.15. The molecule has 5 rings (SSSR count). The summed E-state index contributed by atoms with van der Waals surface area (Å²) in [6.45, 7) is 7.05. The minimum atomic E-state index is -0.780. The second kappa shape index (κ2) is 9.78. The largest absolute Gasteiger partial charge is 0.390 e. The van der Waals surface area contributed by atoms with Crippen LogP contribution in [0.5, 0.6) is 0 Å². The Morgan fingerprint density at radius 1 is 0.972 bits per heavy atom. The van der Waals surface area contributed by atoms with Gasteiger partial charge in [-0.2, -0.15) is 0 Å². The van der Waals surface area contributed by atoms with Crippen molar-refractivity contribution >= 4 is 5.78 Å². The Balaban J connectivity index is 1.25. The molecule has 0 amide bonds. The van der Waals surface area contributed by atoms with Gasteiger partial charge in [0, 0.05) is 17.9 Å². The Hall–Kier alpha value is -1.30. The lowest BCUT2D eigenvalue weighted by Crippen LogP contribution is -2.61. The van der Waals surface area contributed by atoms with Crippen molar-refractivity contribution in [3.63, 3.8) is 0 Å². The Morgan fingerprint density at radius 2 is 1.67 bits per heavy atom. The summed E-state index contributed by atoms with van der Waals surface area (Å²) in [7, 11) is 0. The lowest BCUT2D eigenvalue weighted by atomic mass is 9.43. The molecule has 1 aromatic rings. The van der Waals surface area contributed by atoms with Gasteiger partial charge >= 0.3 is 0 Å². The zero-order chi connectivity index (χ0) is 25.8. The Bertz CT molecular complexity index is 966. The normalized spacial score (nSPS) is 43.9. The average molecular weight is 501 g/mol. The van der Waals surface area contributed by atoms with Crippen LogP contribution in [-0.4, -0.2) is 33.3 Å². The van der Waals surface area contributed by atoms with E-state index in [1.54, 1.807) is 18.2 Å². The van der Waals surface area contributed by atoms with Crippen LogP contribution in [0.1, 0.15) is 96.6 Å². The van der Waals surface area contributed by atoms with Gasteiger partial charge in [-0.3, -0.25) is 4.79 Å². The summed E-state index contributed by atoms with van der Waals surface area (Å²) < 4.78 is 14.0. The zero-order valence-corrected chi connectivity index (χ0v) is 22.2. The van der Waals surface area contributed by atoms with Crippen molar-refractivity contribution < 1.29 is 24.5 Å². The van der Waals surface area contributed by atoms with Crippen LogP contribution >= 0.6 is 0 Å². The smallest absolute Gasteiger partial charge is 0.136 e. The van der Waals surface area contributed by atoms with E-state index < -0.39 is 18.3 Å². The third kappa shape index (κ3) is 4.18. The molecule has 4 aliphatic carbocycles. The van der Waals surface area contributed by atoms with Crippen LogP contribution in [-0.2, 0) is 4.79 Å². The second-order valence-electron chi connectivity index (χ2n) is 13.3. The lowest BCUT2D eigenvalue weighted by molar-refractivity contribution is -0.182. The van der Waals surface area contributed by atoms with E-state index in [0.717, 1.165) is 44.9 Å². The molecule has 0 spiro atoms. The number of Topliss-reactive ketones (excluding diaryl/α,β-unsaturated/α-hetero) is 1. The van der Waals surface area contributed by atoms with Crippen LogP contribution in [0, 0.1) is 52.2 Å². The maximum Gasteiger partial charge on any atom is 0.136 e. The predicted octanol–water partition coefficient (Wildman–Crippen LogP) is 5.84. The van der Waals surface area contributed by atoms with Gasteiger partial charge in [-0.1, -0.05) is 51.8 Å². The van der Waals surface area contributed by atoms with Crippen molar-refractivity contribution in [1.29, 1.82) is 0 Å². The molecule has 4 fully saturated rings. The summed E-state index contributed by atoms with van der Waals surface area (Å²) >= 11 is 0. The van der Waals surface area contributed by atoms with Crippen LogP contribution in [0.2, 0.25) is 0 Å². The number of aliphatic hydroxyl groups is 3. The second-order valence-corrected chi connectivity index (χ2v) is 13.3. The van der Waals surface area contributed by atoms with Crippen molar-refractivity contribution in [2.24, 2.45) is 46.3 Å². The standard InChI is InChI=1S/C31H45FO4/c1-18(7-6-10-25(33)19-8-4-5-9-24(19)32)20-11-12-21-28-22(13-15-30(20,21)2)31(3)16-14-26(34)29(36)23(31)17-27(28)35/h4-5,8-9,18,20-23,25-26,28-29,33-34,36H,6-7,10-17H2,1-3H3/t18-,20-,21+,22+,23+,25?,26+,28+,29-,30-,31-/m1/s1. The summed E-state index contributed by atoms with van der Waals surface area (Å²) in [5.41, 5.74) is 0.473. The molecule has 3 N–H and O–H groups in total. The molecule has 0 saturated heterocycles. The number of aliphatic hydroxyl groups excluding tert-OH is 3. The molecule has 1 aromatic carbocycles. The van der Waals surface area contributed by atoms with Gasteiger partial charge < -0.3 is 15.3 Å². The molecule has 36 heavy (non-hydrogen) atoms. The molecule has 0 heterocycles. The molecule has 4 nitrogen and oxygen atoms in total. The molecule has 0 aromatic heterocycles. The molecule has 200 valence electrons. The van der Waals surface area contributed by atoms with Crippen molar-refractivity contribution in [1.82, 2.24) is 0 Å². The number of benzene rings is 1. The summed E-state index contributed by atoms with van der Waals surface area (Å²) in [4.78, 5) is 13.6. The number of hydrogen-bond acceptors (Lipinski definition) is 4. The van der Waals surface area contributed by atoms with Crippen LogP contribution in [0.3, 0.4) is 0 Å². The molecule has 0 bridgehead atoms. The molecular weight excluding hydrogens is 455 g/mol. The number of ketones is 1. The summed E-state index contributed by atoms with van der Waals surface area (Å²) in [5, 5.41) is 31.6. The molecular formula is C31H45FO4. The van der Waals surface area contributed by atoms with Gasteiger partial charge in [0.05, 0.1) is 18.3 Å². The number of halogens is 1. The van der Waals surface area contributed by atoms with E-state index >= 15 is 0 Å². The fraction of sp³-hybridized carbons (Fsp3) is 0.774. The SMILES string of the molecule is C[C@H](CCCC(O)c1ccccc1F)[C@H]1CC[C@H]2[C@@H]3C(=O)C[C@H]4[C@@H](O)[C@@H](O)CC[C@]4(C)[C@H]3CC[C@]12C. The average Bonchev–Trinajstić information content (AvgIpc) is 3.20. The molecule has 4 aliphatic rings. The first-order chi connectivity index (χ1) is 17.1. The van der Waals surface area contributed by atoms with Gasteiger partial charge in [-0.25, -0.2) is 4.39 Å². The third-order valence-electron chi connectivity index (χ3n) is 11.7. The monoisotopic (exact) mass is 500 g/mol. The molecule has 0 radical (unpaired) electrons. The third-order valence-corrected chi connectivity index (χ3v) is 11.7. The van der Waals surface area contributed by atoms with Gasteiger partial charge in [0.15, 0.2) is 0 Å². The highest BCUT2D eigenvalue weighted by Crippen LogP contribution is 2.67. The van der Waals surface area contributed by atoms with E-state index in [9.17, 15) is 24.5 Å². The topological polar surface area (TPSA) is 77.8 Å². The van der Waals surface area contributed by atoms with E-state index in [2.05, 4.69) is 20.8 Å². The van der Waals surface area contributed by atoms with Crippen LogP contribution in [0.15, 0.2) is 24.3 Å². The van der Waals surface area contributed by atoms with Crippen LogP contribution in [0.25, 0.3) is 0 Å². The molecule has 0 aliphatic heterocycles. The van der Waals surface area contributed by atoms with Gasteiger partial charge in [0.2, 0.25) is 0 Å². The molecule has 5 heteroatoms. The molecule has 11 atom stereocenters. The molecule has 1 unspecified atom stereocenters.